The first-order valence-electron chi connectivity index (χ1n) is 5.85. The molecule has 2 aromatic heterocycles. The molecule has 0 aliphatic rings. The Morgan fingerprint density at radius 2 is 2.11 bits per heavy atom. The fourth-order valence-corrected chi connectivity index (χ4v) is 1.66. The van der Waals surface area contributed by atoms with Crippen LogP contribution in [0.25, 0.3) is 0 Å². The van der Waals surface area contributed by atoms with Gasteiger partial charge in [0.05, 0.1) is 11.3 Å². The highest BCUT2D eigenvalue weighted by atomic mass is 16.5. The summed E-state index contributed by atoms with van der Waals surface area (Å²) >= 11 is 0. The molecule has 0 spiro atoms. The van der Waals surface area contributed by atoms with Gasteiger partial charge in [0.2, 0.25) is 11.8 Å². The van der Waals surface area contributed by atoms with Gasteiger partial charge in [-0.1, -0.05) is 0 Å². The van der Waals surface area contributed by atoms with Gasteiger partial charge in [-0.3, -0.25) is 0 Å². The van der Waals surface area contributed by atoms with Crippen molar-refractivity contribution < 1.29 is 4.74 Å². The Labute approximate surface area is 106 Å². The van der Waals surface area contributed by atoms with Gasteiger partial charge in [-0.2, -0.15) is 5.10 Å². The summed E-state index contributed by atoms with van der Waals surface area (Å²) in [6.07, 6.45) is 1.49. The second-order valence-electron chi connectivity index (χ2n) is 4.03. The third-order valence-corrected chi connectivity index (χ3v) is 2.54. The van der Waals surface area contributed by atoms with Gasteiger partial charge in [0.15, 0.2) is 0 Å². The summed E-state index contributed by atoms with van der Waals surface area (Å²) in [5, 5.41) is 7.40. The zero-order chi connectivity index (χ0) is 13.1. The van der Waals surface area contributed by atoms with Crippen LogP contribution in [0.3, 0.4) is 0 Å². The average Bonchev–Trinajstić information content (AvgIpc) is 2.63. The topological polar surface area (TPSA) is 64.9 Å². The van der Waals surface area contributed by atoms with Gasteiger partial charge in [-0.05, 0) is 20.8 Å². The molecule has 2 heterocycles. The summed E-state index contributed by atoms with van der Waals surface area (Å²) in [5.74, 6) is 2.00. The van der Waals surface area contributed by atoms with Crippen molar-refractivity contribution in [1.29, 1.82) is 0 Å². The number of nitrogens with zero attached hydrogens (tertiary/aromatic N) is 4. The molecule has 0 bridgehead atoms. The third-order valence-electron chi connectivity index (χ3n) is 2.54. The minimum Gasteiger partial charge on any atom is -0.420 e. The minimum absolute atomic E-state index is 0.545. The highest BCUT2D eigenvalue weighted by Crippen LogP contribution is 2.25. The molecule has 0 radical (unpaired) electrons. The lowest BCUT2D eigenvalue weighted by atomic mass is 10.3. The van der Waals surface area contributed by atoms with Crippen LogP contribution < -0.4 is 10.1 Å². The first-order chi connectivity index (χ1) is 8.61. The largest absolute Gasteiger partial charge is 0.420 e. The molecule has 0 atom stereocenters. The molecule has 6 heteroatoms. The van der Waals surface area contributed by atoms with Crippen LogP contribution in [0.4, 0.5) is 5.82 Å². The van der Waals surface area contributed by atoms with Crippen LogP contribution in [0.15, 0.2) is 12.4 Å². The van der Waals surface area contributed by atoms with E-state index in [4.69, 9.17) is 4.74 Å². The monoisotopic (exact) mass is 247 g/mol. The number of hydrogen-bond acceptors (Lipinski definition) is 5. The molecule has 0 fully saturated rings. The highest BCUT2D eigenvalue weighted by molar-refractivity contribution is 5.48. The number of hydrogen-bond donors (Lipinski definition) is 1. The van der Waals surface area contributed by atoms with E-state index in [1.54, 1.807) is 4.68 Å². The Morgan fingerprint density at radius 3 is 2.72 bits per heavy atom. The predicted molar refractivity (Wildman–Crippen MR) is 69.0 cm³/mol. The van der Waals surface area contributed by atoms with Crippen molar-refractivity contribution in [2.24, 2.45) is 7.05 Å². The van der Waals surface area contributed by atoms with Crippen molar-refractivity contribution in [3.8, 4) is 11.8 Å². The van der Waals surface area contributed by atoms with Gasteiger partial charge >= 0.3 is 0 Å². The molecular formula is C12H17N5O. The fourth-order valence-electron chi connectivity index (χ4n) is 1.66. The van der Waals surface area contributed by atoms with Crippen LogP contribution >= 0.6 is 0 Å². The molecule has 18 heavy (non-hydrogen) atoms. The van der Waals surface area contributed by atoms with Crippen molar-refractivity contribution in [2.75, 3.05) is 11.9 Å². The van der Waals surface area contributed by atoms with Crippen LogP contribution in [0.5, 0.6) is 11.8 Å². The Kier molecular flexibility index (Phi) is 3.45. The van der Waals surface area contributed by atoms with Gasteiger partial charge in [0.1, 0.15) is 12.1 Å². The fraction of sp³-hybridized carbons (Fsp3) is 0.417. The van der Waals surface area contributed by atoms with Crippen LogP contribution in [-0.2, 0) is 7.05 Å². The molecule has 0 saturated carbocycles. The van der Waals surface area contributed by atoms with Crippen LogP contribution in [0.2, 0.25) is 0 Å². The van der Waals surface area contributed by atoms with Gasteiger partial charge in [0, 0.05) is 19.7 Å². The number of anilines is 1. The van der Waals surface area contributed by atoms with E-state index in [1.807, 2.05) is 33.9 Å². The number of nitrogens with one attached hydrogen (secondary N) is 1. The Hall–Kier alpha value is -2.11. The standard InChI is InChI=1S/C12H17N5O/c1-5-13-11-9(3)12(15-7-14-11)18-10-6-8(2)16-17(10)4/h6-7H,5H2,1-4H3,(H,13,14,15). The predicted octanol–water partition coefficient (Wildman–Crippen LogP) is 2.05. The van der Waals surface area contributed by atoms with E-state index in [9.17, 15) is 0 Å². The Balaban J connectivity index is 2.29. The molecule has 0 unspecified atom stereocenters. The van der Waals surface area contributed by atoms with Crippen molar-refractivity contribution in [3.05, 3.63) is 23.7 Å². The molecule has 0 aromatic carbocycles. The molecule has 2 rings (SSSR count). The molecular weight excluding hydrogens is 230 g/mol. The third kappa shape index (κ3) is 2.42. The van der Waals surface area contributed by atoms with Crippen molar-refractivity contribution >= 4 is 5.82 Å². The summed E-state index contributed by atoms with van der Waals surface area (Å²) in [6, 6.07) is 1.87. The maximum atomic E-state index is 5.76. The van der Waals surface area contributed by atoms with Gasteiger partial charge in [-0.25, -0.2) is 14.6 Å². The molecule has 1 N–H and O–H groups in total. The summed E-state index contributed by atoms with van der Waals surface area (Å²) in [6.45, 7) is 6.68. The number of aromatic nitrogens is 4. The molecule has 0 saturated heterocycles. The van der Waals surface area contributed by atoms with Crippen LogP contribution in [-0.4, -0.2) is 26.3 Å². The second-order valence-corrected chi connectivity index (χ2v) is 4.03. The lowest BCUT2D eigenvalue weighted by Gasteiger charge is -2.10. The van der Waals surface area contributed by atoms with Crippen molar-refractivity contribution in [2.45, 2.75) is 20.8 Å². The highest BCUT2D eigenvalue weighted by Gasteiger charge is 2.11. The second kappa shape index (κ2) is 5.03. The van der Waals surface area contributed by atoms with E-state index in [0.717, 1.165) is 23.6 Å². The van der Waals surface area contributed by atoms with E-state index >= 15 is 0 Å². The maximum absolute atomic E-state index is 5.76. The lowest BCUT2D eigenvalue weighted by Crippen LogP contribution is -2.04. The summed E-state index contributed by atoms with van der Waals surface area (Å²) in [4.78, 5) is 8.33. The molecule has 6 nitrogen and oxygen atoms in total. The zero-order valence-electron chi connectivity index (χ0n) is 11.1. The van der Waals surface area contributed by atoms with E-state index < -0.39 is 0 Å². The van der Waals surface area contributed by atoms with Gasteiger partial charge < -0.3 is 10.1 Å². The number of aryl methyl sites for hydroxylation is 2. The Bertz CT molecular complexity index is 549. The lowest BCUT2D eigenvalue weighted by molar-refractivity contribution is 0.411. The average molecular weight is 247 g/mol. The van der Waals surface area contributed by atoms with E-state index in [2.05, 4.69) is 20.4 Å². The first-order valence-corrected chi connectivity index (χ1v) is 5.85. The minimum atomic E-state index is 0.545. The molecule has 96 valence electrons. The summed E-state index contributed by atoms with van der Waals surface area (Å²) in [5.41, 5.74) is 1.80. The van der Waals surface area contributed by atoms with Crippen molar-refractivity contribution in [1.82, 2.24) is 19.7 Å². The van der Waals surface area contributed by atoms with E-state index in [-0.39, 0.29) is 0 Å². The summed E-state index contributed by atoms with van der Waals surface area (Å²) in [7, 11) is 1.84. The van der Waals surface area contributed by atoms with Crippen molar-refractivity contribution in [3.63, 3.8) is 0 Å². The van der Waals surface area contributed by atoms with Crippen LogP contribution in [0.1, 0.15) is 18.2 Å². The number of ether oxygens (including phenoxy) is 1. The smallest absolute Gasteiger partial charge is 0.229 e. The van der Waals surface area contributed by atoms with Crippen LogP contribution in [0, 0.1) is 13.8 Å². The SMILES string of the molecule is CCNc1ncnc(Oc2cc(C)nn2C)c1C. The zero-order valence-corrected chi connectivity index (χ0v) is 11.1. The quantitative estimate of drug-likeness (QED) is 0.895. The van der Waals surface area contributed by atoms with E-state index in [0.29, 0.717) is 11.8 Å². The molecule has 0 amide bonds. The van der Waals surface area contributed by atoms with E-state index in [1.165, 1.54) is 6.33 Å². The van der Waals surface area contributed by atoms with Gasteiger partial charge in [-0.15, -0.1) is 0 Å². The first kappa shape index (κ1) is 12.3. The number of rotatable bonds is 4. The molecule has 2 aromatic rings. The molecule has 0 aliphatic carbocycles. The maximum Gasteiger partial charge on any atom is 0.229 e. The Morgan fingerprint density at radius 1 is 1.33 bits per heavy atom. The van der Waals surface area contributed by atoms with Gasteiger partial charge in [0.25, 0.3) is 0 Å². The normalized spacial score (nSPS) is 10.4. The molecule has 0 aliphatic heterocycles. The summed E-state index contributed by atoms with van der Waals surface area (Å²) < 4.78 is 7.44.